The van der Waals surface area contributed by atoms with E-state index in [0.717, 1.165) is 13.0 Å². The Kier molecular flexibility index (Phi) is 4.74. The minimum atomic E-state index is -0.220. The van der Waals surface area contributed by atoms with Gasteiger partial charge in [-0.3, -0.25) is 9.59 Å². The topological polar surface area (TPSA) is 75.4 Å². The summed E-state index contributed by atoms with van der Waals surface area (Å²) < 4.78 is 0. The average Bonchev–Trinajstić information content (AvgIpc) is 2.95. The molecule has 0 spiro atoms. The smallest absolute Gasteiger partial charge is 0.251 e. The lowest BCUT2D eigenvalue weighted by molar-refractivity contribution is -0.129. The molecule has 2 unspecified atom stereocenters. The summed E-state index contributed by atoms with van der Waals surface area (Å²) >= 11 is 0. The number of likely N-dealkylation sites (tertiary alicyclic amines) is 1. The fourth-order valence-electron chi connectivity index (χ4n) is 2.40. The molecule has 2 amide bonds. The first-order valence-corrected chi connectivity index (χ1v) is 6.94. The number of carbonyl (C=O) groups is 2. The second-order valence-electron chi connectivity index (χ2n) is 5.30. The molecular weight excluding hydrogens is 254 g/mol. The number of nitrogens with zero attached hydrogens (tertiary/aromatic N) is 1. The van der Waals surface area contributed by atoms with Crippen molar-refractivity contribution < 1.29 is 9.59 Å². The highest BCUT2D eigenvalue weighted by Gasteiger charge is 2.28. The largest absolute Gasteiger partial charge is 0.343 e. The maximum atomic E-state index is 12.0. The molecule has 108 valence electrons. The molecular formula is C15H21N3O2. The van der Waals surface area contributed by atoms with E-state index in [2.05, 4.69) is 5.32 Å². The molecule has 5 heteroatoms. The number of carbonyl (C=O) groups excluding carboxylic acids is 2. The van der Waals surface area contributed by atoms with Gasteiger partial charge in [0.15, 0.2) is 0 Å². The molecule has 2 atom stereocenters. The number of hydrogen-bond acceptors (Lipinski definition) is 3. The Morgan fingerprint density at radius 1 is 1.40 bits per heavy atom. The third-order valence-corrected chi connectivity index (χ3v) is 3.76. The van der Waals surface area contributed by atoms with Crippen molar-refractivity contribution in [2.45, 2.75) is 19.4 Å². The van der Waals surface area contributed by atoms with Crippen molar-refractivity contribution in [2.75, 3.05) is 19.6 Å². The van der Waals surface area contributed by atoms with Crippen molar-refractivity contribution in [1.29, 1.82) is 0 Å². The van der Waals surface area contributed by atoms with Gasteiger partial charge in [0, 0.05) is 24.7 Å². The van der Waals surface area contributed by atoms with Crippen molar-refractivity contribution in [2.24, 2.45) is 11.7 Å². The van der Waals surface area contributed by atoms with E-state index in [-0.39, 0.29) is 24.4 Å². The van der Waals surface area contributed by atoms with Crippen LogP contribution in [0.4, 0.5) is 0 Å². The molecule has 1 aliphatic heterocycles. The summed E-state index contributed by atoms with van der Waals surface area (Å²) in [5.74, 6) is 0.100. The van der Waals surface area contributed by atoms with Crippen LogP contribution in [-0.4, -0.2) is 42.4 Å². The minimum absolute atomic E-state index is 0.0411. The molecule has 0 aliphatic carbocycles. The second kappa shape index (κ2) is 6.52. The molecule has 0 aromatic heterocycles. The standard InChI is InChI=1S/C15H21N3O2/c1-11(16)13-7-8-18(10-13)14(19)9-17-15(20)12-5-3-2-4-6-12/h2-6,11,13H,7-10,16H2,1H3,(H,17,20). The van der Waals surface area contributed by atoms with E-state index in [4.69, 9.17) is 5.73 Å². The number of rotatable bonds is 4. The van der Waals surface area contributed by atoms with Crippen LogP contribution in [0.1, 0.15) is 23.7 Å². The van der Waals surface area contributed by atoms with Crippen molar-refractivity contribution in [1.82, 2.24) is 10.2 Å². The summed E-state index contributed by atoms with van der Waals surface area (Å²) in [5.41, 5.74) is 6.42. The molecule has 20 heavy (non-hydrogen) atoms. The fourth-order valence-corrected chi connectivity index (χ4v) is 2.40. The Morgan fingerprint density at radius 2 is 2.10 bits per heavy atom. The predicted octanol–water partition coefficient (Wildman–Crippen LogP) is 0.612. The van der Waals surface area contributed by atoms with Crippen LogP contribution >= 0.6 is 0 Å². The Bertz CT molecular complexity index is 473. The monoisotopic (exact) mass is 275 g/mol. The second-order valence-corrected chi connectivity index (χ2v) is 5.30. The van der Waals surface area contributed by atoms with E-state index in [1.165, 1.54) is 0 Å². The van der Waals surface area contributed by atoms with E-state index < -0.39 is 0 Å². The maximum Gasteiger partial charge on any atom is 0.251 e. The van der Waals surface area contributed by atoms with Crippen LogP contribution in [-0.2, 0) is 4.79 Å². The lowest BCUT2D eigenvalue weighted by Gasteiger charge is -2.18. The molecule has 1 saturated heterocycles. The molecule has 0 radical (unpaired) electrons. The summed E-state index contributed by atoms with van der Waals surface area (Å²) in [5, 5.41) is 2.66. The van der Waals surface area contributed by atoms with E-state index in [1.54, 1.807) is 29.2 Å². The van der Waals surface area contributed by atoms with Gasteiger partial charge in [-0.05, 0) is 31.4 Å². The van der Waals surface area contributed by atoms with E-state index in [9.17, 15) is 9.59 Å². The first-order chi connectivity index (χ1) is 9.58. The number of nitrogens with one attached hydrogen (secondary N) is 1. The van der Waals surface area contributed by atoms with Crippen molar-refractivity contribution in [3.05, 3.63) is 35.9 Å². The zero-order chi connectivity index (χ0) is 14.5. The molecule has 0 bridgehead atoms. The number of nitrogens with two attached hydrogens (primary N) is 1. The van der Waals surface area contributed by atoms with Crippen LogP contribution in [0.15, 0.2) is 30.3 Å². The van der Waals surface area contributed by atoms with Crippen LogP contribution < -0.4 is 11.1 Å². The molecule has 1 aromatic carbocycles. The third-order valence-electron chi connectivity index (χ3n) is 3.76. The first-order valence-electron chi connectivity index (χ1n) is 6.94. The number of hydrogen-bond donors (Lipinski definition) is 2. The quantitative estimate of drug-likeness (QED) is 0.845. The SMILES string of the molecule is CC(N)C1CCN(C(=O)CNC(=O)c2ccccc2)C1. The van der Waals surface area contributed by atoms with Crippen LogP contribution in [0.5, 0.6) is 0 Å². The third kappa shape index (κ3) is 3.57. The molecule has 5 nitrogen and oxygen atoms in total. The van der Waals surface area contributed by atoms with E-state index in [0.29, 0.717) is 18.0 Å². The highest BCUT2D eigenvalue weighted by atomic mass is 16.2. The van der Waals surface area contributed by atoms with Gasteiger partial charge in [-0.1, -0.05) is 18.2 Å². The first kappa shape index (κ1) is 14.5. The molecule has 1 fully saturated rings. The van der Waals surface area contributed by atoms with Gasteiger partial charge in [-0.25, -0.2) is 0 Å². The summed E-state index contributed by atoms with van der Waals surface area (Å²) in [7, 11) is 0. The van der Waals surface area contributed by atoms with Gasteiger partial charge in [0.2, 0.25) is 5.91 Å². The Morgan fingerprint density at radius 3 is 2.70 bits per heavy atom. The van der Waals surface area contributed by atoms with Crippen LogP contribution in [0, 0.1) is 5.92 Å². The number of benzene rings is 1. The fraction of sp³-hybridized carbons (Fsp3) is 0.467. The normalized spacial score (nSPS) is 19.7. The van der Waals surface area contributed by atoms with Crippen molar-refractivity contribution in [3.63, 3.8) is 0 Å². The van der Waals surface area contributed by atoms with Gasteiger partial charge in [-0.15, -0.1) is 0 Å². The summed E-state index contributed by atoms with van der Waals surface area (Å²) in [6.07, 6.45) is 0.941. The lowest BCUT2D eigenvalue weighted by Crippen LogP contribution is -2.40. The molecule has 1 heterocycles. The van der Waals surface area contributed by atoms with Crippen molar-refractivity contribution in [3.8, 4) is 0 Å². The van der Waals surface area contributed by atoms with Gasteiger partial charge in [0.1, 0.15) is 0 Å². The summed E-state index contributed by atoms with van der Waals surface area (Å²) in [6.45, 7) is 3.43. The van der Waals surface area contributed by atoms with Gasteiger partial charge >= 0.3 is 0 Å². The Labute approximate surface area is 119 Å². The van der Waals surface area contributed by atoms with E-state index in [1.807, 2.05) is 13.0 Å². The Hall–Kier alpha value is -1.88. The summed E-state index contributed by atoms with van der Waals surface area (Å²) in [4.78, 5) is 25.6. The predicted molar refractivity (Wildman–Crippen MR) is 77.1 cm³/mol. The van der Waals surface area contributed by atoms with Crippen LogP contribution in [0.25, 0.3) is 0 Å². The lowest BCUT2D eigenvalue weighted by atomic mass is 10.0. The van der Waals surface area contributed by atoms with Gasteiger partial charge in [0.25, 0.3) is 5.91 Å². The van der Waals surface area contributed by atoms with Crippen LogP contribution in [0.2, 0.25) is 0 Å². The van der Waals surface area contributed by atoms with Gasteiger partial charge < -0.3 is 16.0 Å². The minimum Gasteiger partial charge on any atom is -0.343 e. The van der Waals surface area contributed by atoms with E-state index >= 15 is 0 Å². The van der Waals surface area contributed by atoms with Crippen LogP contribution in [0.3, 0.4) is 0 Å². The highest BCUT2D eigenvalue weighted by Crippen LogP contribution is 2.18. The molecule has 1 aliphatic rings. The van der Waals surface area contributed by atoms with Gasteiger partial charge in [0.05, 0.1) is 6.54 Å². The molecule has 0 saturated carbocycles. The van der Waals surface area contributed by atoms with Gasteiger partial charge in [-0.2, -0.15) is 0 Å². The zero-order valence-electron chi connectivity index (χ0n) is 11.7. The molecule has 1 aromatic rings. The average molecular weight is 275 g/mol. The summed E-state index contributed by atoms with van der Waals surface area (Å²) in [6, 6.07) is 8.99. The molecule has 3 N–H and O–H groups in total. The Balaban J connectivity index is 1.80. The maximum absolute atomic E-state index is 12.0. The highest BCUT2D eigenvalue weighted by molar-refractivity contribution is 5.96. The molecule has 2 rings (SSSR count). The van der Waals surface area contributed by atoms with Crippen molar-refractivity contribution >= 4 is 11.8 Å². The zero-order valence-corrected chi connectivity index (χ0v) is 11.7. The number of amides is 2.